The fourth-order valence-electron chi connectivity index (χ4n) is 2.00. The fraction of sp³-hybridized carbons (Fsp3) is 0.500. The second-order valence-electron chi connectivity index (χ2n) is 5.02. The molecule has 1 amide bonds. The predicted octanol–water partition coefficient (Wildman–Crippen LogP) is 3.01. The molecule has 0 aliphatic heterocycles. The molecule has 0 spiro atoms. The standard InChI is InChI=1S/C18H25NO2/c1-2-3-4-5-13-18(21)19-15-17-12-7-6-10-16(17)11-8-9-14-20/h6-7,10,12,20H,2-5,9,13-15H2,1H3,(H,19,21). The first-order valence-corrected chi connectivity index (χ1v) is 7.72. The highest BCUT2D eigenvalue weighted by Crippen LogP contribution is 2.08. The van der Waals surface area contributed by atoms with Crippen molar-refractivity contribution < 1.29 is 9.90 Å². The third kappa shape index (κ3) is 7.53. The summed E-state index contributed by atoms with van der Waals surface area (Å²) < 4.78 is 0. The van der Waals surface area contributed by atoms with Crippen LogP contribution in [0.3, 0.4) is 0 Å². The minimum Gasteiger partial charge on any atom is -0.395 e. The number of aliphatic hydroxyl groups is 1. The molecule has 0 aliphatic rings. The van der Waals surface area contributed by atoms with Crippen LogP contribution >= 0.6 is 0 Å². The Balaban J connectivity index is 2.44. The van der Waals surface area contributed by atoms with E-state index in [1.165, 1.54) is 12.8 Å². The van der Waals surface area contributed by atoms with Gasteiger partial charge < -0.3 is 10.4 Å². The smallest absolute Gasteiger partial charge is 0.220 e. The van der Waals surface area contributed by atoms with Gasteiger partial charge in [0.25, 0.3) is 0 Å². The topological polar surface area (TPSA) is 49.3 Å². The summed E-state index contributed by atoms with van der Waals surface area (Å²) in [4.78, 5) is 11.8. The molecule has 1 aromatic carbocycles. The van der Waals surface area contributed by atoms with Gasteiger partial charge in [0.2, 0.25) is 5.91 Å². The summed E-state index contributed by atoms with van der Waals surface area (Å²) in [6.07, 6.45) is 5.51. The Bertz CT molecular complexity index is 485. The zero-order valence-corrected chi connectivity index (χ0v) is 12.8. The predicted molar refractivity (Wildman–Crippen MR) is 85.6 cm³/mol. The highest BCUT2D eigenvalue weighted by molar-refractivity contribution is 5.75. The van der Waals surface area contributed by atoms with Crippen LogP contribution in [-0.2, 0) is 11.3 Å². The number of carbonyl (C=O) groups excluding carboxylic acids is 1. The Hall–Kier alpha value is -1.79. The second kappa shape index (κ2) is 10.9. The van der Waals surface area contributed by atoms with E-state index in [-0.39, 0.29) is 12.5 Å². The van der Waals surface area contributed by atoms with Gasteiger partial charge in [-0.1, -0.05) is 56.2 Å². The third-order valence-corrected chi connectivity index (χ3v) is 3.21. The van der Waals surface area contributed by atoms with Gasteiger partial charge in [-0.2, -0.15) is 0 Å². The Morgan fingerprint density at radius 1 is 1.24 bits per heavy atom. The Kier molecular flexibility index (Phi) is 8.99. The van der Waals surface area contributed by atoms with Crippen molar-refractivity contribution >= 4 is 5.91 Å². The highest BCUT2D eigenvalue weighted by Gasteiger charge is 2.03. The van der Waals surface area contributed by atoms with E-state index in [2.05, 4.69) is 24.1 Å². The van der Waals surface area contributed by atoms with Crippen molar-refractivity contribution in [3.63, 3.8) is 0 Å². The lowest BCUT2D eigenvalue weighted by Gasteiger charge is -2.07. The van der Waals surface area contributed by atoms with Crippen LogP contribution in [0.2, 0.25) is 0 Å². The van der Waals surface area contributed by atoms with Crippen LogP contribution in [0, 0.1) is 11.8 Å². The number of rotatable bonds is 8. The van der Waals surface area contributed by atoms with Crippen LogP contribution in [0.4, 0.5) is 0 Å². The zero-order chi connectivity index (χ0) is 15.3. The zero-order valence-electron chi connectivity index (χ0n) is 12.8. The van der Waals surface area contributed by atoms with Crippen molar-refractivity contribution in [3.8, 4) is 11.8 Å². The van der Waals surface area contributed by atoms with Gasteiger partial charge in [0.05, 0.1) is 6.61 Å². The fourth-order valence-corrected chi connectivity index (χ4v) is 2.00. The molecule has 21 heavy (non-hydrogen) atoms. The first kappa shape index (κ1) is 17.3. The summed E-state index contributed by atoms with van der Waals surface area (Å²) in [6.45, 7) is 2.75. The largest absolute Gasteiger partial charge is 0.395 e. The summed E-state index contributed by atoms with van der Waals surface area (Å²) in [6, 6.07) is 7.78. The summed E-state index contributed by atoms with van der Waals surface area (Å²) in [7, 11) is 0. The minimum atomic E-state index is 0.0731. The molecular formula is C18H25NO2. The van der Waals surface area contributed by atoms with Crippen LogP contribution in [0.5, 0.6) is 0 Å². The van der Waals surface area contributed by atoms with Gasteiger partial charge >= 0.3 is 0 Å². The number of carbonyl (C=O) groups is 1. The molecule has 0 unspecified atom stereocenters. The van der Waals surface area contributed by atoms with Gasteiger partial charge in [-0.3, -0.25) is 4.79 Å². The quantitative estimate of drug-likeness (QED) is 0.570. The molecule has 114 valence electrons. The van der Waals surface area contributed by atoms with E-state index in [0.717, 1.165) is 24.0 Å². The lowest BCUT2D eigenvalue weighted by molar-refractivity contribution is -0.121. The van der Waals surface area contributed by atoms with Gasteiger partial charge in [0, 0.05) is 24.9 Å². The molecule has 0 atom stereocenters. The third-order valence-electron chi connectivity index (χ3n) is 3.21. The first-order chi connectivity index (χ1) is 10.3. The van der Waals surface area contributed by atoms with Gasteiger partial charge in [-0.05, 0) is 18.1 Å². The average molecular weight is 287 g/mol. The number of unbranched alkanes of at least 4 members (excludes halogenated alkanes) is 3. The van der Waals surface area contributed by atoms with Crippen LogP contribution in [0.15, 0.2) is 24.3 Å². The lowest BCUT2D eigenvalue weighted by Crippen LogP contribution is -2.22. The maximum atomic E-state index is 11.8. The highest BCUT2D eigenvalue weighted by atomic mass is 16.2. The van der Waals surface area contributed by atoms with Crippen LogP contribution in [-0.4, -0.2) is 17.6 Å². The summed E-state index contributed by atoms with van der Waals surface area (Å²) in [5, 5.41) is 11.7. The Morgan fingerprint density at radius 2 is 2.05 bits per heavy atom. The maximum absolute atomic E-state index is 11.8. The van der Waals surface area contributed by atoms with E-state index < -0.39 is 0 Å². The molecule has 0 saturated heterocycles. The number of hydrogen-bond acceptors (Lipinski definition) is 2. The molecule has 1 aromatic rings. The van der Waals surface area contributed by atoms with E-state index in [0.29, 0.717) is 19.4 Å². The Morgan fingerprint density at radius 3 is 2.81 bits per heavy atom. The number of amides is 1. The van der Waals surface area contributed by atoms with Crippen molar-refractivity contribution in [1.82, 2.24) is 5.32 Å². The molecule has 0 fully saturated rings. The van der Waals surface area contributed by atoms with Crippen LogP contribution in [0.1, 0.15) is 56.6 Å². The monoisotopic (exact) mass is 287 g/mol. The first-order valence-electron chi connectivity index (χ1n) is 7.72. The van der Waals surface area contributed by atoms with Crippen molar-refractivity contribution in [1.29, 1.82) is 0 Å². The van der Waals surface area contributed by atoms with Gasteiger partial charge in [-0.15, -0.1) is 0 Å². The molecule has 1 rings (SSSR count). The van der Waals surface area contributed by atoms with Gasteiger partial charge in [0.1, 0.15) is 0 Å². The van der Waals surface area contributed by atoms with Crippen molar-refractivity contribution in [3.05, 3.63) is 35.4 Å². The van der Waals surface area contributed by atoms with E-state index in [4.69, 9.17) is 5.11 Å². The summed E-state index contributed by atoms with van der Waals surface area (Å²) >= 11 is 0. The SMILES string of the molecule is CCCCCCC(=O)NCc1ccccc1C#CCCO. The molecule has 3 nitrogen and oxygen atoms in total. The molecule has 3 heteroatoms. The van der Waals surface area contributed by atoms with Gasteiger partial charge in [-0.25, -0.2) is 0 Å². The molecule has 0 heterocycles. The van der Waals surface area contributed by atoms with E-state index >= 15 is 0 Å². The number of nitrogens with one attached hydrogen (secondary N) is 1. The lowest BCUT2D eigenvalue weighted by atomic mass is 10.1. The molecule has 0 saturated carbocycles. The van der Waals surface area contributed by atoms with E-state index in [1.807, 2.05) is 24.3 Å². The maximum Gasteiger partial charge on any atom is 0.220 e. The van der Waals surface area contributed by atoms with Crippen molar-refractivity contribution in [2.24, 2.45) is 0 Å². The van der Waals surface area contributed by atoms with Crippen molar-refractivity contribution in [2.45, 2.75) is 52.0 Å². The van der Waals surface area contributed by atoms with E-state index in [9.17, 15) is 4.79 Å². The van der Waals surface area contributed by atoms with Crippen LogP contribution in [0.25, 0.3) is 0 Å². The normalized spacial score (nSPS) is 9.81. The Labute approximate surface area is 127 Å². The molecule has 0 aromatic heterocycles. The number of hydrogen-bond donors (Lipinski definition) is 2. The number of aliphatic hydroxyl groups excluding tert-OH is 1. The molecule has 0 bridgehead atoms. The van der Waals surface area contributed by atoms with E-state index in [1.54, 1.807) is 0 Å². The average Bonchev–Trinajstić information content (AvgIpc) is 2.51. The summed E-state index contributed by atoms with van der Waals surface area (Å²) in [5.74, 6) is 6.05. The molecule has 0 aliphatic carbocycles. The van der Waals surface area contributed by atoms with Crippen molar-refractivity contribution in [2.75, 3.05) is 6.61 Å². The number of benzene rings is 1. The molecule has 0 radical (unpaired) electrons. The second-order valence-corrected chi connectivity index (χ2v) is 5.02. The van der Waals surface area contributed by atoms with Crippen LogP contribution < -0.4 is 5.32 Å². The van der Waals surface area contributed by atoms with Gasteiger partial charge in [0.15, 0.2) is 0 Å². The molecule has 2 N–H and O–H groups in total. The molecular weight excluding hydrogens is 262 g/mol. The minimum absolute atomic E-state index is 0.0731. The summed E-state index contributed by atoms with van der Waals surface area (Å²) in [5.41, 5.74) is 1.93.